The van der Waals surface area contributed by atoms with Gasteiger partial charge in [0.05, 0.1) is 12.5 Å². The number of carbonyl (C=O) groups excluding carboxylic acids is 2. The zero-order valence-electron chi connectivity index (χ0n) is 14.9. The summed E-state index contributed by atoms with van der Waals surface area (Å²) in [7, 11) is 0. The highest BCUT2D eigenvalue weighted by molar-refractivity contribution is 5.92. The second-order valence-corrected chi connectivity index (χ2v) is 6.21. The third-order valence-corrected chi connectivity index (χ3v) is 4.20. The number of nitrogens with zero attached hydrogens (tertiary/aromatic N) is 1. The van der Waals surface area contributed by atoms with Crippen molar-refractivity contribution in [3.05, 3.63) is 65.9 Å². The summed E-state index contributed by atoms with van der Waals surface area (Å²) in [6.07, 6.45) is -1.45. The van der Waals surface area contributed by atoms with E-state index in [0.29, 0.717) is 0 Å². The Kier molecular flexibility index (Phi) is 5.39. The van der Waals surface area contributed by atoms with Gasteiger partial charge in [-0.25, -0.2) is 0 Å². The molecule has 0 unspecified atom stereocenters. The summed E-state index contributed by atoms with van der Waals surface area (Å²) in [5.74, 6) is -1.09. The van der Waals surface area contributed by atoms with Crippen LogP contribution >= 0.6 is 0 Å². The molecule has 1 aliphatic heterocycles. The summed E-state index contributed by atoms with van der Waals surface area (Å²) in [5, 5.41) is 2.56. The number of benzene rings is 2. The van der Waals surface area contributed by atoms with E-state index in [4.69, 9.17) is 0 Å². The largest absolute Gasteiger partial charge is 0.573 e. The molecule has 1 N–H and O–H groups in total. The predicted octanol–water partition coefficient (Wildman–Crippen LogP) is 4.49. The molecule has 5 nitrogen and oxygen atoms in total. The Labute approximate surface area is 159 Å². The molecule has 0 spiro atoms. The molecule has 0 fully saturated rings. The first-order valence-corrected chi connectivity index (χ1v) is 8.44. The number of rotatable bonds is 4. The number of nitrogens with one attached hydrogen (secondary N) is 1. The minimum absolute atomic E-state index is 0.0503. The standard InChI is InChI=1S/C20H17F3N2O3/c1-13(26)25-10-9-14-5-2-3-8-17(14)18(25)12-19(27)24-15-6-4-7-16(11-15)28-20(21,22)23/h2-11,18H,12H2,1H3,(H,24,27)/t18-/m0/s1. The van der Waals surface area contributed by atoms with Gasteiger partial charge in [-0.3, -0.25) is 9.59 Å². The highest BCUT2D eigenvalue weighted by Crippen LogP contribution is 2.33. The van der Waals surface area contributed by atoms with E-state index >= 15 is 0 Å². The zero-order chi connectivity index (χ0) is 20.3. The van der Waals surface area contributed by atoms with Crippen LogP contribution in [0.4, 0.5) is 18.9 Å². The molecule has 0 aliphatic carbocycles. The molecule has 2 amide bonds. The van der Waals surface area contributed by atoms with Gasteiger partial charge in [-0.05, 0) is 29.3 Å². The molecule has 3 rings (SSSR count). The lowest BCUT2D eigenvalue weighted by Crippen LogP contribution is -2.33. The van der Waals surface area contributed by atoms with E-state index < -0.39 is 24.1 Å². The van der Waals surface area contributed by atoms with E-state index in [-0.39, 0.29) is 18.0 Å². The van der Waals surface area contributed by atoms with Crippen molar-refractivity contribution in [3.8, 4) is 5.75 Å². The first-order valence-electron chi connectivity index (χ1n) is 8.44. The fraction of sp³-hybridized carbons (Fsp3) is 0.200. The Morgan fingerprint density at radius 1 is 1.14 bits per heavy atom. The van der Waals surface area contributed by atoms with Gasteiger partial charge >= 0.3 is 6.36 Å². The fourth-order valence-electron chi connectivity index (χ4n) is 3.07. The van der Waals surface area contributed by atoms with E-state index in [0.717, 1.165) is 23.3 Å². The molecule has 0 aromatic heterocycles. The summed E-state index contributed by atoms with van der Waals surface area (Å²) in [4.78, 5) is 25.9. The number of fused-ring (bicyclic) bond motifs is 1. The van der Waals surface area contributed by atoms with Crippen molar-refractivity contribution < 1.29 is 27.5 Å². The lowest BCUT2D eigenvalue weighted by Gasteiger charge is -2.32. The lowest BCUT2D eigenvalue weighted by molar-refractivity contribution is -0.274. The molecule has 0 radical (unpaired) electrons. The monoisotopic (exact) mass is 390 g/mol. The molecule has 1 aliphatic rings. The van der Waals surface area contributed by atoms with Crippen molar-refractivity contribution in [2.75, 3.05) is 5.32 Å². The number of halogens is 3. The maximum atomic E-state index is 12.5. The van der Waals surface area contributed by atoms with Gasteiger partial charge in [0.2, 0.25) is 11.8 Å². The van der Waals surface area contributed by atoms with Crippen LogP contribution < -0.4 is 10.1 Å². The molecule has 0 bridgehead atoms. The topological polar surface area (TPSA) is 58.6 Å². The van der Waals surface area contributed by atoms with Crippen LogP contribution in [0.1, 0.15) is 30.5 Å². The SMILES string of the molecule is CC(=O)N1C=Cc2ccccc2[C@@H]1CC(=O)Nc1cccc(OC(F)(F)F)c1. The highest BCUT2D eigenvalue weighted by Gasteiger charge is 2.31. The normalized spacial score (nSPS) is 15.7. The van der Waals surface area contributed by atoms with Crippen LogP contribution in [0.3, 0.4) is 0 Å². The van der Waals surface area contributed by atoms with Crippen LogP contribution in [-0.2, 0) is 9.59 Å². The van der Waals surface area contributed by atoms with Crippen molar-refractivity contribution in [2.45, 2.75) is 25.7 Å². The van der Waals surface area contributed by atoms with Crippen LogP contribution in [0.15, 0.2) is 54.7 Å². The molecule has 8 heteroatoms. The first-order chi connectivity index (χ1) is 13.2. The number of alkyl halides is 3. The van der Waals surface area contributed by atoms with Crippen LogP contribution in [0.2, 0.25) is 0 Å². The van der Waals surface area contributed by atoms with Gasteiger partial charge in [-0.2, -0.15) is 0 Å². The molecule has 0 saturated heterocycles. The zero-order valence-corrected chi connectivity index (χ0v) is 14.9. The average Bonchev–Trinajstić information content (AvgIpc) is 2.60. The lowest BCUT2D eigenvalue weighted by atomic mass is 9.93. The quantitative estimate of drug-likeness (QED) is 0.837. The molecule has 1 atom stereocenters. The van der Waals surface area contributed by atoms with Crippen LogP contribution in [-0.4, -0.2) is 23.1 Å². The molecule has 0 saturated carbocycles. The second-order valence-electron chi connectivity index (χ2n) is 6.21. The van der Waals surface area contributed by atoms with Crippen LogP contribution in [0.5, 0.6) is 5.75 Å². The van der Waals surface area contributed by atoms with Gasteiger partial charge in [-0.15, -0.1) is 13.2 Å². The van der Waals surface area contributed by atoms with E-state index in [1.807, 2.05) is 24.3 Å². The average molecular weight is 390 g/mol. The van der Waals surface area contributed by atoms with E-state index in [9.17, 15) is 22.8 Å². The van der Waals surface area contributed by atoms with Crippen molar-refractivity contribution >= 4 is 23.6 Å². The Hall–Kier alpha value is -3.29. The third-order valence-electron chi connectivity index (χ3n) is 4.20. The van der Waals surface area contributed by atoms with Crippen molar-refractivity contribution in [2.24, 2.45) is 0 Å². The Bertz CT molecular complexity index is 925. The predicted molar refractivity (Wildman–Crippen MR) is 97.1 cm³/mol. The van der Waals surface area contributed by atoms with Gasteiger partial charge in [0.25, 0.3) is 0 Å². The van der Waals surface area contributed by atoms with Crippen LogP contribution in [0.25, 0.3) is 6.08 Å². The summed E-state index contributed by atoms with van der Waals surface area (Å²) in [6, 6.07) is 11.9. The molecule has 146 valence electrons. The Balaban J connectivity index is 1.76. The molecular weight excluding hydrogens is 373 g/mol. The van der Waals surface area contributed by atoms with Crippen molar-refractivity contribution in [1.29, 1.82) is 0 Å². The first kappa shape index (κ1) is 19.5. The number of amides is 2. The van der Waals surface area contributed by atoms with E-state index in [1.54, 1.807) is 12.3 Å². The summed E-state index contributed by atoms with van der Waals surface area (Å²) in [6.45, 7) is 1.40. The summed E-state index contributed by atoms with van der Waals surface area (Å²) >= 11 is 0. The van der Waals surface area contributed by atoms with E-state index in [2.05, 4.69) is 10.1 Å². The number of anilines is 1. The molecule has 28 heavy (non-hydrogen) atoms. The Morgan fingerprint density at radius 3 is 2.61 bits per heavy atom. The number of hydrogen-bond acceptors (Lipinski definition) is 3. The maximum absolute atomic E-state index is 12.5. The van der Waals surface area contributed by atoms with Gasteiger partial charge < -0.3 is 15.0 Å². The van der Waals surface area contributed by atoms with E-state index in [1.165, 1.54) is 24.0 Å². The fourth-order valence-corrected chi connectivity index (χ4v) is 3.07. The Morgan fingerprint density at radius 2 is 1.89 bits per heavy atom. The van der Waals surface area contributed by atoms with Crippen molar-refractivity contribution in [1.82, 2.24) is 4.90 Å². The molecule has 2 aromatic rings. The van der Waals surface area contributed by atoms with Gasteiger partial charge in [0.15, 0.2) is 0 Å². The van der Waals surface area contributed by atoms with Gasteiger partial charge in [0.1, 0.15) is 5.75 Å². The summed E-state index contributed by atoms with van der Waals surface area (Å²) in [5.41, 5.74) is 1.89. The third kappa shape index (κ3) is 4.70. The molecule has 2 aromatic carbocycles. The minimum atomic E-state index is -4.82. The molecule has 1 heterocycles. The smallest absolute Gasteiger partial charge is 0.406 e. The van der Waals surface area contributed by atoms with Gasteiger partial charge in [-0.1, -0.05) is 30.3 Å². The summed E-state index contributed by atoms with van der Waals surface area (Å²) < 4.78 is 40.9. The number of ether oxygens (including phenoxy) is 1. The number of carbonyl (C=O) groups is 2. The van der Waals surface area contributed by atoms with Crippen molar-refractivity contribution in [3.63, 3.8) is 0 Å². The highest BCUT2D eigenvalue weighted by atomic mass is 19.4. The maximum Gasteiger partial charge on any atom is 0.573 e. The second kappa shape index (κ2) is 7.75. The minimum Gasteiger partial charge on any atom is -0.406 e. The molecular formula is C20H17F3N2O3. The number of hydrogen-bond donors (Lipinski definition) is 1. The van der Waals surface area contributed by atoms with Crippen LogP contribution in [0, 0.1) is 0 Å². The van der Waals surface area contributed by atoms with Gasteiger partial charge in [0, 0.05) is 24.9 Å².